The number of furan rings is 1. The molecule has 0 aliphatic rings. The van der Waals surface area contributed by atoms with Crippen LogP contribution in [0.2, 0.25) is 0 Å². The van der Waals surface area contributed by atoms with Crippen LogP contribution in [0, 0.1) is 0 Å². The molecular formula is C11H19NO. The van der Waals surface area contributed by atoms with E-state index in [0.717, 1.165) is 0 Å². The van der Waals surface area contributed by atoms with Gasteiger partial charge in [0.1, 0.15) is 0 Å². The second-order valence-electron chi connectivity index (χ2n) is 3.63. The highest BCUT2D eigenvalue weighted by atomic mass is 16.3. The van der Waals surface area contributed by atoms with Gasteiger partial charge in [-0.1, -0.05) is 13.3 Å². The fourth-order valence-electron chi connectivity index (χ4n) is 1.56. The van der Waals surface area contributed by atoms with Crippen molar-refractivity contribution in [3.05, 3.63) is 24.2 Å². The number of nitrogens with one attached hydrogen (secondary N) is 1. The van der Waals surface area contributed by atoms with E-state index in [0.29, 0.717) is 12.1 Å². The van der Waals surface area contributed by atoms with E-state index in [-0.39, 0.29) is 0 Å². The van der Waals surface area contributed by atoms with Gasteiger partial charge in [-0.15, -0.1) is 0 Å². The molecule has 0 saturated carbocycles. The van der Waals surface area contributed by atoms with Gasteiger partial charge in [-0.2, -0.15) is 0 Å². The van der Waals surface area contributed by atoms with Gasteiger partial charge in [-0.3, -0.25) is 0 Å². The first kappa shape index (κ1) is 10.3. The molecule has 2 nitrogen and oxygen atoms in total. The van der Waals surface area contributed by atoms with Gasteiger partial charge in [0.15, 0.2) is 0 Å². The van der Waals surface area contributed by atoms with Gasteiger partial charge in [-0.05, 0) is 26.3 Å². The molecule has 0 spiro atoms. The average Bonchev–Trinajstić information content (AvgIpc) is 2.55. The van der Waals surface area contributed by atoms with Crippen LogP contribution in [0.15, 0.2) is 23.0 Å². The summed E-state index contributed by atoms with van der Waals surface area (Å²) in [5.74, 6) is 0. The molecule has 0 aromatic carbocycles. The van der Waals surface area contributed by atoms with E-state index >= 15 is 0 Å². The van der Waals surface area contributed by atoms with E-state index in [9.17, 15) is 0 Å². The highest BCUT2D eigenvalue weighted by Gasteiger charge is 2.08. The molecule has 74 valence electrons. The van der Waals surface area contributed by atoms with Crippen LogP contribution in [0.3, 0.4) is 0 Å². The topological polar surface area (TPSA) is 25.2 Å². The Bertz CT molecular complexity index is 218. The van der Waals surface area contributed by atoms with Crippen LogP contribution in [0.5, 0.6) is 0 Å². The summed E-state index contributed by atoms with van der Waals surface area (Å²) < 4.78 is 5.04. The van der Waals surface area contributed by atoms with Crippen LogP contribution >= 0.6 is 0 Å². The van der Waals surface area contributed by atoms with Crippen molar-refractivity contribution in [2.75, 3.05) is 0 Å². The fourth-order valence-corrected chi connectivity index (χ4v) is 1.56. The zero-order valence-corrected chi connectivity index (χ0v) is 8.71. The lowest BCUT2D eigenvalue weighted by Gasteiger charge is -2.18. The van der Waals surface area contributed by atoms with Crippen LogP contribution in [0.4, 0.5) is 0 Å². The third kappa shape index (κ3) is 3.23. The summed E-state index contributed by atoms with van der Waals surface area (Å²) >= 11 is 0. The smallest absolute Gasteiger partial charge is 0.0950 e. The van der Waals surface area contributed by atoms with Crippen molar-refractivity contribution >= 4 is 0 Å². The SMILES string of the molecule is CCCC(C)NC(C)c1ccoc1. The zero-order chi connectivity index (χ0) is 9.68. The summed E-state index contributed by atoms with van der Waals surface area (Å²) in [5, 5.41) is 3.52. The van der Waals surface area contributed by atoms with Crippen LogP contribution < -0.4 is 5.32 Å². The quantitative estimate of drug-likeness (QED) is 0.755. The lowest BCUT2D eigenvalue weighted by molar-refractivity contribution is 0.449. The molecule has 13 heavy (non-hydrogen) atoms. The summed E-state index contributed by atoms with van der Waals surface area (Å²) in [6.45, 7) is 6.60. The molecule has 0 aliphatic heterocycles. The highest BCUT2D eigenvalue weighted by molar-refractivity contribution is 5.10. The van der Waals surface area contributed by atoms with Crippen molar-refractivity contribution in [2.45, 2.75) is 45.7 Å². The molecule has 0 bridgehead atoms. The molecule has 0 aliphatic carbocycles. The second-order valence-corrected chi connectivity index (χ2v) is 3.63. The first-order valence-electron chi connectivity index (χ1n) is 5.02. The molecule has 0 fully saturated rings. The van der Waals surface area contributed by atoms with Crippen LogP contribution in [0.25, 0.3) is 0 Å². The molecule has 0 amide bonds. The number of hydrogen-bond donors (Lipinski definition) is 1. The van der Waals surface area contributed by atoms with Crippen LogP contribution in [-0.4, -0.2) is 6.04 Å². The summed E-state index contributed by atoms with van der Waals surface area (Å²) in [6.07, 6.45) is 5.97. The van der Waals surface area contributed by atoms with E-state index in [1.807, 2.05) is 6.07 Å². The van der Waals surface area contributed by atoms with Crippen molar-refractivity contribution < 1.29 is 4.42 Å². The normalized spacial score (nSPS) is 15.6. The van der Waals surface area contributed by atoms with E-state index in [2.05, 4.69) is 26.1 Å². The monoisotopic (exact) mass is 181 g/mol. The predicted octanol–water partition coefficient (Wildman–Crippen LogP) is 3.12. The summed E-state index contributed by atoms with van der Waals surface area (Å²) in [7, 11) is 0. The first-order chi connectivity index (χ1) is 6.24. The van der Waals surface area contributed by atoms with Crippen molar-refractivity contribution in [3.63, 3.8) is 0 Å². The maximum Gasteiger partial charge on any atom is 0.0950 e. The standard InChI is InChI=1S/C11H19NO/c1-4-5-9(2)12-10(3)11-6-7-13-8-11/h6-10,12H,4-5H2,1-3H3. The van der Waals surface area contributed by atoms with Crippen molar-refractivity contribution in [3.8, 4) is 0 Å². The Balaban J connectivity index is 2.37. The average molecular weight is 181 g/mol. The Kier molecular flexibility index (Phi) is 4.03. The van der Waals surface area contributed by atoms with Gasteiger partial charge in [0.05, 0.1) is 12.5 Å². The largest absolute Gasteiger partial charge is 0.472 e. The van der Waals surface area contributed by atoms with Gasteiger partial charge < -0.3 is 9.73 Å². The van der Waals surface area contributed by atoms with Crippen molar-refractivity contribution in [1.82, 2.24) is 5.32 Å². The summed E-state index contributed by atoms with van der Waals surface area (Å²) in [5.41, 5.74) is 1.22. The number of hydrogen-bond acceptors (Lipinski definition) is 2. The van der Waals surface area contributed by atoms with Crippen LogP contribution in [0.1, 0.15) is 45.2 Å². The third-order valence-electron chi connectivity index (χ3n) is 2.30. The van der Waals surface area contributed by atoms with Gasteiger partial charge >= 0.3 is 0 Å². The Morgan fingerprint density at radius 1 is 1.46 bits per heavy atom. The van der Waals surface area contributed by atoms with E-state index in [1.54, 1.807) is 12.5 Å². The minimum absolute atomic E-state index is 0.389. The van der Waals surface area contributed by atoms with Crippen LogP contribution in [-0.2, 0) is 0 Å². The van der Waals surface area contributed by atoms with E-state index in [4.69, 9.17) is 4.42 Å². The van der Waals surface area contributed by atoms with E-state index in [1.165, 1.54) is 18.4 Å². The summed E-state index contributed by atoms with van der Waals surface area (Å²) in [4.78, 5) is 0. The summed E-state index contributed by atoms with van der Waals surface area (Å²) in [6, 6.07) is 2.98. The molecule has 2 atom stereocenters. The Morgan fingerprint density at radius 3 is 2.77 bits per heavy atom. The molecule has 0 radical (unpaired) electrons. The molecule has 1 aromatic heterocycles. The molecule has 2 heteroatoms. The lowest BCUT2D eigenvalue weighted by Crippen LogP contribution is -2.28. The molecule has 1 rings (SSSR count). The van der Waals surface area contributed by atoms with Gasteiger partial charge in [-0.25, -0.2) is 0 Å². The Morgan fingerprint density at radius 2 is 2.23 bits per heavy atom. The van der Waals surface area contributed by atoms with Gasteiger partial charge in [0.2, 0.25) is 0 Å². The van der Waals surface area contributed by atoms with Gasteiger partial charge in [0, 0.05) is 17.6 Å². The first-order valence-corrected chi connectivity index (χ1v) is 5.02. The molecule has 1 N–H and O–H groups in total. The fraction of sp³-hybridized carbons (Fsp3) is 0.636. The van der Waals surface area contributed by atoms with E-state index < -0.39 is 0 Å². The Hall–Kier alpha value is -0.760. The molecule has 1 aromatic rings. The highest BCUT2D eigenvalue weighted by Crippen LogP contribution is 2.13. The lowest BCUT2D eigenvalue weighted by atomic mass is 10.1. The minimum atomic E-state index is 0.389. The third-order valence-corrected chi connectivity index (χ3v) is 2.30. The van der Waals surface area contributed by atoms with Crippen molar-refractivity contribution in [2.24, 2.45) is 0 Å². The predicted molar refractivity (Wildman–Crippen MR) is 54.6 cm³/mol. The minimum Gasteiger partial charge on any atom is -0.472 e. The molecule has 0 saturated heterocycles. The maximum absolute atomic E-state index is 5.04. The van der Waals surface area contributed by atoms with Gasteiger partial charge in [0.25, 0.3) is 0 Å². The molecule has 1 heterocycles. The molecular weight excluding hydrogens is 162 g/mol. The van der Waals surface area contributed by atoms with Crippen molar-refractivity contribution in [1.29, 1.82) is 0 Å². The molecule has 2 unspecified atom stereocenters. The second kappa shape index (κ2) is 5.07. The Labute approximate surface area is 80.3 Å². The number of rotatable bonds is 5. The maximum atomic E-state index is 5.04. The zero-order valence-electron chi connectivity index (χ0n) is 8.71.